The van der Waals surface area contributed by atoms with Crippen LogP contribution in [0.5, 0.6) is 0 Å². The van der Waals surface area contributed by atoms with E-state index in [-0.39, 0.29) is 0 Å². The molecular formula is C19H42N2. The van der Waals surface area contributed by atoms with Gasteiger partial charge in [0.15, 0.2) is 0 Å². The second-order valence-corrected chi connectivity index (χ2v) is 8.23. The second kappa shape index (κ2) is 12.5. The Morgan fingerprint density at radius 1 is 0.905 bits per heavy atom. The molecule has 2 atom stereocenters. The highest BCUT2D eigenvalue weighted by Gasteiger charge is 2.18. The van der Waals surface area contributed by atoms with E-state index in [2.05, 4.69) is 40.0 Å². The van der Waals surface area contributed by atoms with Crippen molar-refractivity contribution in [3.05, 3.63) is 0 Å². The van der Waals surface area contributed by atoms with Crippen molar-refractivity contribution in [2.24, 2.45) is 17.2 Å². The SMILES string of the molecule is CCCCCCCCCCC(CC(C)CC(C)(C)C)NN. The average molecular weight is 299 g/mol. The molecule has 128 valence electrons. The highest BCUT2D eigenvalue weighted by Crippen LogP contribution is 2.27. The third-order valence-corrected chi connectivity index (χ3v) is 4.29. The van der Waals surface area contributed by atoms with Crippen molar-refractivity contribution in [3.8, 4) is 0 Å². The maximum atomic E-state index is 5.73. The van der Waals surface area contributed by atoms with Gasteiger partial charge in [-0.1, -0.05) is 86.0 Å². The molecule has 2 nitrogen and oxygen atoms in total. The highest BCUT2D eigenvalue weighted by molar-refractivity contribution is 4.72. The molecule has 0 bridgehead atoms. The van der Waals surface area contributed by atoms with Crippen molar-refractivity contribution in [2.75, 3.05) is 0 Å². The second-order valence-electron chi connectivity index (χ2n) is 8.23. The first-order valence-electron chi connectivity index (χ1n) is 9.35. The minimum atomic E-state index is 0.428. The van der Waals surface area contributed by atoms with Gasteiger partial charge in [0.1, 0.15) is 0 Å². The molecule has 0 rings (SSSR count). The van der Waals surface area contributed by atoms with E-state index in [1.54, 1.807) is 0 Å². The lowest BCUT2D eigenvalue weighted by atomic mass is 9.82. The van der Waals surface area contributed by atoms with E-state index >= 15 is 0 Å². The normalized spacial score (nSPS) is 15.1. The number of nitrogens with two attached hydrogens (primary N) is 1. The van der Waals surface area contributed by atoms with Gasteiger partial charge in [-0.05, 0) is 30.6 Å². The van der Waals surface area contributed by atoms with Crippen LogP contribution in [0.4, 0.5) is 0 Å². The summed E-state index contributed by atoms with van der Waals surface area (Å²) in [5.41, 5.74) is 3.47. The molecule has 0 fully saturated rings. The summed E-state index contributed by atoms with van der Waals surface area (Å²) in [4.78, 5) is 0. The first-order chi connectivity index (χ1) is 9.89. The zero-order valence-electron chi connectivity index (χ0n) is 15.5. The number of nitrogens with one attached hydrogen (secondary N) is 1. The topological polar surface area (TPSA) is 38.0 Å². The summed E-state index contributed by atoms with van der Waals surface area (Å²) in [5.74, 6) is 6.48. The fourth-order valence-corrected chi connectivity index (χ4v) is 3.41. The van der Waals surface area contributed by atoms with E-state index in [4.69, 9.17) is 5.84 Å². The van der Waals surface area contributed by atoms with Crippen LogP contribution in [0.25, 0.3) is 0 Å². The Balaban J connectivity index is 3.61. The summed E-state index contributed by atoms with van der Waals surface area (Å²) < 4.78 is 0. The molecule has 0 saturated heterocycles. The van der Waals surface area contributed by atoms with E-state index in [0.717, 1.165) is 5.92 Å². The molecule has 3 N–H and O–H groups in total. The standard InChI is InChI=1S/C19H42N2/c1-6-7-8-9-10-11-12-13-14-18(21-20)15-17(2)16-19(3,4)5/h17-18,21H,6-16,20H2,1-5H3. The van der Waals surface area contributed by atoms with Crippen LogP contribution in [0.1, 0.15) is 105 Å². The lowest BCUT2D eigenvalue weighted by Crippen LogP contribution is -2.36. The molecule has 0 heterocycles. The number of hydrogen-bond donors (Lipinski definition) is 2. The third-order valence-electron chi connectivity index (χ3n) is 4.29. The van der Waals surface area contributed by atoms with Crippen LogP contribution in [0.3, 0.4) is 0 Å². The number of hydrogen-bond acceptors (Lipinski definition) is 2. The molecule has 0 aromatic heterocycles. The van der Waals surface area contributed by atoms with Gasteiger partial charge in [-0.2, -0.15) is 0 Å². The molecule has 0 aromatic carbocycles. The molecule has 0 aliphatic carbocycles. The average Bonchev–Trinajstić information content (AvgIpc) is 2.38. The van der Waals surface area contributed by atoms with Crippen molar-refractivity contribution < 1.29 is 0 Å². The molecular weight excluding hydrogens is 256 g/mol. The molecule has 0 aliphatic rings. The number of unbranched alkanes of at least 4 members (excludes halogenated alkanes) is 7. The largest absolute Gasteiger partial charge is 0.271 e. The predicted octanol–water partition coefficient (Wildman–Crippen LogP) is 5.81. The van der Waals surface area contributed by atoms with Crippen LogP contribution >= 0.6 is 0 Å². The maximum absolute atomic E-state index is 5.73. The van der Waals surface area contributed by atoms with Crippen molar-refractivity contribution >= 4 is 0 Å². The van der Waals surface area contributed by atoms with Crippen LogP contribution in [-0.4, -0.2) is 6.04 Å². The van der Waals surface area contributed by atoms with E-state index in [1.165, 1.54) is 70.6 Å². The fourth-order valence-electron chi connectivity index (χ4n) is 3.41. The number of rotatable bonds is 13. The van der Waals surface area contributed by atoms with Gasteiger partial charge in [-0.15, -0.1) is 0 Å². The van der Waals surface area contributed by atoms with Gasteiger partial charge in [0.2, 0.25) is 0 Å². The number of hydrazine groups is 1. The highest BCUT2D eigenvalue weighted by atomic mass is 15.2. The van der Waals surface area contributed by atoms with E-state index in [0.29, 0.717) is 11.5 Å². The Morgan fingerprint density at radius 2 is 1.43 bits per heavy atom. The van der Waals surface area contributed by atoms with E-state index in [9.17, 15) is 0 Å². The molecule has 0 radical (unpaired) electrons. The van der Waals surface area contributed by atoms with Crippen molar-refractivity contribution in [1.82, 2.24) is 5.43 Å². The van der Waals surface area contributed by atoms with Gasteiger partial charge in [-0.3, -0.25) is 11.3 Å². The lowest BCUT2D eigenvalue weighted by molar-refractivity contribution is 0.269. The Bertz CT molecular complexity index is 220. The zero-order valence-corrected chi connectivity index (χ0v) is 15.5. The van der Waals surface area contributed by atoms with Crippen LogP contribution < -0.4 is 11.3 Å². The smallest absolute Gasteiger partial charge is 0.0213 e. The lowest BCUT2D eigenvalue weighted by Gasteiger charge is -2.26. The Kier molecular flexibility index (Phi) is 12.4. The Labute approximate surface area is 134 Å². The van der Waals surface area contributed by atoms with Crippen LogP contribution in [-0.2, 0) is 0 Å². The van der Waals surface area contributed by atoms with Crippen LogP contribution in [0.15, 0.2) is 0 Å². The molecule has 0 amide bonds. The fraction of sp³-hybridized carbons (Fsp3) is 1.00. The summed E-state index contributed by atoms with van der Waals surface area (Å²) in [6, 6.07) is 0.502. The Hall–Kier alpha value is -0.0800. The van der Waals surface area contributed by atoms with Crippen molar-refractivity contribution in [2.45, 2.75) is 111 Å². The summed E-state index contributed by atoms with van der Waals surface area (Å²) in [7, 11) is 0. The van der Waals surface area contributed by atoms with Gasteiger partial charge in [0.05, 0.1) is 0 Å². The minimum Gasteiger partial charge on any atom is -0.271 e. The first-order valence-corrected chi connectivity index (χ1v) is 9.35. The predicted molar refractivity (Wildman–Crippen MR) is 96.2 cm³/mol. The van der Waals surface area contributed by atoms with Gasteiger partial charge in [-0.25, -0.2) is 0 Å². The Morgan fingerprint density at radius 3 is 1.90 bits per heavy atom. The summed E-state index contributed by atoms with van der Waals surface area (Å²) in [5, 5.41) is 0. The van der Waals surface area contributed by atoms with Crippen LogP contribution in [0.2, 0.25) is 0 Å². The monoisotopic (exact) mass is 298 g/mol. The van der Waals surface area contributed by atoms with Gasteiger partial charge in [0.25, 0.3) is 0 Å². The van der Waals surface area contributed by atoms with Crippen molar-refractivity contribution in [1.29, 1.82) is 0 Å². The molecule has 2 heteroatoms. The summed E-state index contributed by atoms with van der Waals surface area (Å²) in [6.45, 7) is 11.6. The molecule has 0 aliphatic heterocycles. The van der Waals surface area contributed by atoms with Gasteiger partial charge >= 0.3 is 0 Å². The van der Waals surface area contributed by atoms with Gasteiger partial charge in [0, 0.05) is 6.04 Å². The summed E-state index contributed by atoms with van der Waals surface area (Å²) >= 11 is 0. The minimum absolute atomic E-state index is 0.428. The maximum Gasteiger partial charge on any atom is 0.0213 e. The molecule has 0 aromatic rings. The molecule has 0 saturated carbocycles. The molecule has 21 heavy (non-hydrogen) atoms. The first kappa shape index (κ1) is 20.9. The summed E-state index contributed by atoms with van der Waals surface area (Å²) in [6.07, 6.45) is 14.8. The van der Waals surface area contributed by atoms with Gasteiger partial charge < -0.3 is 0 Å². The van der Waals surface area contributed by atoms with Crippen LogP contribution in [0, 0.1) is 11.3 Å². The zero-order chi connectivity index (χ0) is 16.1. The van der Waals surface area contributed by atoms with E-state index < -0.39 is 0 Å². The molecule has 2 unspecified atom stereocenters. The van der Waals surface area contributed by atoms with Crippen molar-refractivity contribution in [3.63, 3.8) is 0 Å². The van der Waals surface area contributed by atoms with E-state index in [1.807, 2.05) is 0 Å². The quantitative estimate of drug-likeness (QED) is 0.256. The molecule has 0 spiro atoms. The third kappa shape index (κ3) is 14.6.